The fraction of sp³-hybridized carbons (Fsp3) is 0.500. The Balaban J connectivity index is 0.000000606. The average Bonchev–Trinajstić information content (AvgIpc) is 2.55. The molecule has 0 fully saturated rings. The number of hydrogen-bond acceptors (Lipinski definition) is 1. The Morgan fingerprint density at radius 1 is 1.19 bits per heavy atom. The van der Waals surface area contributed by atoms with Crippen LogP contribution in [-0.2, 0) is 5.41 Å². The Morgan fingerprint density at radius 3 is 2.38 bits per heavy atom. The van der Waals surface area contributed by atoms with Crippen LogP contribution in [0.15, 0.2) is 22.5 Å². The van der Waals surface area contributed by atoms with Crippen LogP contribution in [0.25, 0.3) is 10.9 Å². The van der Waals surface area contributed by atoms with E-state index in [0.717, 1.165) is 11.2 Å². The van der Waals surface area contributed by atoms with Crippen LogP contribution in [0.5, 0.6) is 0 Å². The quantitative estimate of drug-likeness (QED) is 0.635. The van der Waals surface area contributed by atoms with Gasteiger partial charge in [-0.3, -0.25) is 0 Å². The third-order valence-corrected chi connectivity index (χ3v) is 2.52. The van der Waals surface area contributed by atoms with Crippen molar-refractivity contribution in [3.05, 3.63) is 29.4 Å². The van der Waals surface area contributed by atoms with Gasteiger partial charge in [0.25, 0.3) is 0 Å². The van der Waals surface area contributed by atoms with E-state index in [2.05, 4.69) is 32.9 Å². The molecule has 0 atom stereocenters. The number of fused-ring (bicyclic) bond motifs is 1. The molecule has 86 valence electrons. The van der Waals surface area contributed by atoms with Crippen molar-refractivity contribution in [3.8, 4) is 0 Å². The van der Waals surface area contributed by atoms with Crippen molar-refractivity contribution in [2.45, 2.75) is 47.0 Å². The SMILES string of the molecule is CC.Cc1oc2bcccc2c1C(C)(C)C. The zero-order chi connectivity index (χ0) is 12.3. The molecule has 0 spiro atoms. The Hall–Kier alpha value is -1.05. The topological polar surface area (TPSA) is 13.1 Å². The van der Waals surface area contributed by atoms with E-state index in [9.17, 15) is 0 Å². The zero-order valence-electron chi connectivity index (χ0n) is 11.2. The van der Waals surface area contributed by atoms with Gasteiger partial charge in [-0.25, -0.2) is 0 Å². The van der Waals surface area contributed by atoms with Gasteiger partial charge in [0.15, 0.2) is 0 Å². The van der Waals surface area contributed by atoms with E-state index < -0.39 is 0 Å². The van der Waals surface area contributed by atoms with E-state index in [0.29, 0.717) is 0 Å². The van der Waals surface area contributed by atoms with E-state index in [1.54, 1.807) is 0 Å². The van der Waals surface area contributed by atoms with Crippen molar-refractivity contribution in [2.75, 3.05) is 0 Å². The number of aryl methyl sites for hydroxylation is 1. The summed E-state index contributed by atoms with van der Waals surface area (Å²) in [6.45, 7) is 14.7. The molecular weight excluding hydrogens is 195 g/mol. The first kappa shape index (κ1) is 13.0. The Morgan fingerprint density at radius 2 is 1.81 bits per heavy atom. The normalized spacial score (nSPS) is 10.9. The zero-order valence-corrected chi connectivity index (χ0v) is 11.2. The summed E-state index contributed by atoms with van der Waals surface area (Å²) in [4.78, 5) is 0. The van der Waals surface area contributed by atoms with Crippen molar-refractivity contribution in [3.63, 3.8) is 0 Å². The summed E-state index contributed by atoms with van der Waals surface area (Å²) in [5.74, 6) is 3.05. The molecule has 16 heavy (non-hydrogen) atoms. The molecule has 0 saturated carbocycles. The molecule has 2 heteroatoms. The van der Waals surface area contributed by atoms with Crippen LogP contribution in [0.4, 0.5) is 0 Å². The maximum absolute atomic E-state index is 5.73. The summed E-state index contributed by atoms with van der Waals surface area (Å²) in [6.07, 6.45) is 0. The Bertz CT molecular complexity index is 463. The van der Waals surface area contributed by atoms with Gasteiger partial charge in [-0.15, -0.1) is 0 Å². The van der Waals surface area contributed by atoms with Gasteiger partial charge in [0.05, 0.1) is 0 Å². The molecule has 2 rings (SSSR count). The molecule has 0 aliphatic rings. The summed E-state index contributed by atoms with van der Waals surface area (Å²) in [7, 11) is 0. The van der Waals surface area contributed by atoms with Crippen LogP contribution in [0.1, 0.15) is 45.9 Å². The monoisotopic (exact) mass is 216 g/mol. The first-order valence-corrected chi connectivity index (χ1v) is 5.99. The van der Waals surface area contributed by atoms with Crippen LogP contribution in [0, 0.1) is 6.92 Å². The van der Waals surface area contributed by atoms with Gasteiger partial charge in [-0.05, 0) is 0 Å². The minimum atomic E-state index is 0.149. The third kappa shape index (κ3) is 2.37. The van der Waals surface area contributed by atoms with Crippen LogP contribution in [-0.4, -0.2) is 6.91 Å². The van der Waals surface area contributed by atoms with Crippen LogP contribution in [0.3, 0.4) is 0 Å². The second-order valence-electron chi connectivity index (χ2n) is 4.78. The van der Waals surface area contributed by atoms with Gasteiger partial charge in [0.2, 0.25) is 0 Å². The predicted octanol–water partition coefficient (Wildman–Crippen LogP) is 4.40. The van der Waals surface area contributed by atoms with E-state index in [1.807, 2.05) is 33.6 Å². The van der Waals surface area contributed by atoms with Crippen LogP contribution >= 0.6 is 0 Å². The molecule has 0 aliphatic heterocycles. The average molecular weight is 216 g/mol. The first-order valence-electron chi connectivity index (χ1n) is 5.99. The van der Waals surface area contributed by atoms with Crippen LogP contribution < -0.4 is 0 Å². The summed E-state index contributed by atoms with van der Waals surface area (Å²) in [5.41, 5.74) is 2.47. The van der Waals surface area contributed by atoms with E-state index in [1.165, 1.54) is 10.9 Å². The Kier molecular flexibility index (Phi) is 3.95. The summed E-state index contributed by atoms with van der Waals surface area (Å²) < 4.78 is 5.73. The van der Waals surface area contributed by atoms with E-state index in [4.69, 9.17) is 4.42 Å². The van der Waals surface area contributed by atoms with E-state index in [-0.39, 0.29) is 5.41 Å². The molecule has 0 aliphatic carbocycles. The molecule has 0 amide bonds. The minimum absolute atomic E-state index is 0.149. The second kappa shape index (κ2) is 4.86. The van der Waals surface area contributed by atoms with Gasteiger partial charge < -0.3 is 0 Å². The Labute approximate surface area is 99.1 Å². The third-order valence-electron chi connectivity index (χ3n) is 2.52. The molecule has 0 N–H and O–H groups in total. The number of furan rings is 1. The molecule has 2 aromatic heterocycles. The molecule has 0 saturated heterocycles. The van der Waals surface area contributed by atoms with Crippen molar-refractivity contribution in [2.24, 2.45) is 0 Å². The van der Waals surface area contributed by atoms with Crippen molar-refractivity contribution >= 4 is 17.8 Å². The van der Waals surface area contributed by atoms with Crippen molar-refractivity contribution in [1.29, 1.82) is 0 Å². The van der Waals surface area contributed by atoms with Gasteiger partial charge in [0.1, 0.15) is 0 Å². The van der Waals surface area contributed by atoms with E-state index >= 15 is 0 Å². The molecule has 0 aromatic carbocycles. The van der Waals surface area contributed by atoms with Crippen molar-refractivity contribution < 1.29 is 4.42 Å². The van der Waals surface area contributed by atoms with Gasteiger partial charge in [0, 0.05) is 0 Å². The molecule has 2 aromatic rings. The number of rotatable bonds is 0. The first-order chi connectivity index (χ1) is 7.50. The maximum atomic E-state index is 5.73. The fourth-order valence-corrected chi connectivity index (χ4v) is 2.10. The predicted molar refractivity (Wildman–Crippen MR) is 72.3 cm³/mol. The van der Waals surface area contributed by atoms with Gasteiger partial charge >= 0.3 is 84.7 Å². The molecule has 1 nitrogen and oxygen atoms in total. The second-order valence-corrected chi connectivity index (χ2v) is 4.78. The molecular formula is C14H21BO. The summed E-state index contributed by atoms with van der Waals surface area (Å²) >= 11 is 0. The summed E-state index contributed by atoms with van der Waals surface area (Å²) in [5, 5.41) is 1.25. The molecule has 0 unspecified atom stereocenters. The standard InChI is InChI=1S/C12H15BO.C2H6/c1-8-10(12(2,3)4)9-6-5-7-13-11(9)14-8;1-2/h5-7H,1-4H3;1-2H3. The molecule has 0 bridgehead atoms. The summed E-state index contributed by atoms with van der Waals surface area (Å²) in [6, 6.07) is 4.19. The van der Waals surface area contributed by atoms with Crippen molar-refractivity contribution in [1.82, 2.24) is 0 Å². The molecule has 0 radical (unpaired) electrons. The van der Waals surface area contributed by atoms with Crippen LogP contribution in [0.2, 0.25) is 0 Å². The number of hydrogen-bond donors (Lipinski definition) is 0. The molecule has 2 heterocycles. The fourth-order valence-electron chi connectivity index (χ4n) is 2.10. The van der Waals surface area contributed by atoms with Gasteiger partial charge in [-0.1, -0.05) is 13.8 Å². The van der Waals surface area contributed by atoms with Gasteiger partial charge in [-0.2, -0.15) is 0 Å².